The van der Waals surface area contributed by atoms with E-state index in [4.69, 9.17) is 17.0 Å². The molecule has 32 heavy (non-hydrogen) atoms. The number of ether oxygens (including phenoxy) is 1. The predicted octanol–water partition coefficient (Wildman–Crippen LogP) is 2.51. The molecule has 5 rings (SSSR count). The minimum absolute atomic E-state index is 0.191. The lowest BCUT2D eigenvalue weighted by molar-refractivity contribution is -0.126. The molecule has 3 heterocycles. The van der Waals surface area contributed by atoms with Crippen molar-refractivity contribution >= 4 is 34.8 Å². The van der Waals surface area contributed by atoms with Crippen molar-refractivity contribution in [2.45, 2.75) is 25.0 Å². The Morgan fingerprint density at radius 3 is 2.56 bits per heavy atom. The number of thiocarbonyl (C=S) groups is 1. The van der Waals surface area contributed by atoms with Crippen molar-refractivity contribution in [2.24, 2.45) is 11.8 Å². The number of aryl methyl sites for hydroxylation is 1. The maximum absolute atomic E-state index is 13.4. The molecule has 2 N–H and O–H groups in total. The second-order valence-electron chi connectivity index (χ2n) is 8.59. The molecule has 2 fully saturated rings. The van der Waals surface area contributed by atoms with Crippen LogP contribution in [0.15, 0.2) is 66.7 Å². The lowest BCUT2D eigenvalue weighted by Gasteiger charge is -2.29. The lowest BCUT2D eigenvalue weighted by Crippen LogP contribution is -2.50. The SMILES string of the molecule is Cc1ccc(N2C(=O)[C@@H]3[C@@H](C2=O)[C@@]2(CNC(=S)NCCc4ccccc4)C=C[C@H]3O2)cc1. The highest BCUT2D eigenvalue weighted by atomic mass is 32.1. The van der Waals surface area contributed by atoms with Crippen molar-refractivity contribution in [3.05, 3.63) is 77.9 Å². The van der Waals surface area contributed by atoms with E-state index in [2.05, 4.69) is 22.8 Å². The summed E-state index contributed by atoms with van der Waals surface area (Å²) < 4.78 is 6.17. The van der Waals surface area contributed by atoms with Crippen LogP contribution in [0, 0.1) is 18.8 Å². The third-order valence-corrected chi connectivity index (χ3v) is 6.80. The molecule has 0 aromatic heterocycles. The number of anilines is 1. The molecule has 0 spiro atoms. The number of imide groups is 1. The predicted molar refractivity (Wildman–Crippen MR) is 126 cm³/mol. The van der Waals surface area contributed by atoms with E-state index >= 15 is 0 Å². The van der Waals surface area contributed by atoms with E-state index in [-0.39, 0.29) is 17.9 Å². The maximum atomic E-state index is 13.4. The average molecular weight is 448 g/mol. The Balaban J connectivity index is 1.24. The summed E-state index contributed by atoms with van der Waals surface area (Å²) in [6.45, 7) is 3.01. The molecule has 0 aliphatic carbocycles. The standard InChI is InChI=1S/C25H25N3O3S/c1-16-7-9-18(10-8-16)28-22(29)20-19-11-13-25(31-19,21(20)23(28)30)15-27-24(32)26-14-12-17-5-3-2-4-6-17/h2-11,13,19-21H,12,14-15H2,1H3,(H2,26,27,32)/t19-,20+,21+,25+/m1/s1. The van der Waals surface area contributed by atoms with Crippen LogP contribution in [-0.4, -0.2) is 41.7 Å². The molecule has 164 valence electrons. The van der Waals surface area contributed by atoms with Crippen LogP contribution in [-0.2, 0) is 20.7 Å². The number of carbonyl (C=O) groups is 2. The van der Waals surface area contributed by atoms with E-state index in [1.54, 1.807) is 0 Å². The molecule has 3 aliphatic heterocycles. The number of rotatable bonds is 6. The summed E-state index contributed by atoms with van der Waals surface area (Å²) in [6.07, 6.45) is 4.30. The molecule has 0 radical (unpaired) electrons. The summed E-state index contributed by atoms with van der Waals surface area (Å²) in [5.41, 5.74) is 2.05. The fourth-order valence-electron chi connectivity index (χ4n) is 4.90. The van der Waals surface area contributed by atoms with Gasteiger partial charge in [-0.05, 0) is 43.3 Å². The van der Waals surface area contributed by atoms with Gasteiger partial charge in [0.25, 0.3) is 0 Å². The van der Waals surface area contributed by atoms with Crippen LogP contribution in [0.1, 0.15) is 11.1 Å². The first-order valence-electron chi connectivity index (χ1n) is 10.9. The van der Waals surface area contributed by atoms with Crippen LogP contribution < -0.4 is 15.5 Å². The summed E-state index contributed by atoms with van der Waals surface area (Å²) in [6, 6.07) is 17.6. The monoisotopic (exact) mass is 447 g/mol. The number of benzene rings is 2. The van der Waals surface area contributed by atoms with Gasteiger partial charge in [0.05, 0.1) is 30.2 Å². The molecule has 2 bridgehead atoms. The third kappa shape index (κ3) is 3.51. The van der Waals surface area contributed by atoms with Crippen molar-refractivity contribution < 1.29 is 14.3 Å². The molecule has 4 atom stereocenters. The number of hydrogen-bond acceptors (Lipinski definition) is 4. The minimum atomic E-state index is -0.868. The van der Waals surface area contributed by atoms with Gasteiger partial charge in [-0.3, -0.25) is 9.59 Å². The number of fused-ring (bicyclic) bond motifs is 5. The summed E-state index contributed by atoms with van der Waals surface area (Å²) in [5, 5.41) is 6.92. The molecule has 6 nitrogen and oxygen atoms in total. The number of nitrogens with zero attached hydrogens (tertiary/aromatic N) is 1. The van der Waals surface area contributed by atoms with Crippen molar-refractivity contribution in [2.75, 3.05) is 18.0 Å². The fraction of sp³-hybridized carbons (Fsp3) is 0.320. The minimum Gasteiger partial charge on any atom is -0.362 e. The second-order valence-corrected chi connectivity index (χ2v) is 9.00. The first-order chi connectivity index (χ1) is 15.5. The van der Waals surface area contributed by atoms with Gasteiger partial charge in [-0.2, -0.15) is 0 Å². The number of carbonyl (C=O) groups excluding carboxylic acids is 2. The van der Waals surface area contributed by atoms with Gasteiger partial charge in [0, 0.05) is 6.54 Å². The fourth-order valence-corrected chi connectivity index (χ4v) is 5.07. The quantitative estimate of drug-likeness (QED) is 0.403. The van der Waals surface area contributed by atoms with Crippen LogP contribution in [0.25, 0.3) is 0 Å². The van der Waals surface area contributed by atoms with Crippen LogP contribution in [0.3, 0.4) is 0 Å². The highest BCUT2D eigenvalue weighted by Crippen LogP contribution is 2.52. The topological polar surface area (TPSA) is 70.7 Å². The van der Waals surface area contributed by atoms with Crippen molar-refractivity contribution in [3.63, 3.8) is 0 Å². The Morgan fingerprint density at radius 2 is 1.81 bits per heavy atom. The number of nitrogens with one attached hydrogen (secondary N) is 2. The summed E-state index contributed by atoms with van der Waals surface area (Å²) in [5.74, 6) is -1.44. The average Bonchev–Trinajstić information content (AvgIpc) is 3.44. The van der Waals surface area contributed by atoms with Crippen LogP contribution >= 0.6 is 12.2 Å². The molecule has 0 unspecified atom stereocenters. The smallest absolute Gasteiger partial charge is 0.241 e. The number of hydrogen-bond donors (Lipinski definition) is 2. The number of amides is 2. The summed E-state index contributed by atoms with van der Waals surface area (Å²) in [4.78, 5) is 27.8. The van der Waals surface area contributed by atoms with E-state index in [0.717, 1.165) is 12.0 Å². The van der Waals surface area contributed by atoms with Crippen molar-refractivity contribution in [3.8, 4) is 0 Å². The normalized spacial score (nSPS) is 27.7. The van der Waals surface area contributed by atoms with Crippen LogP contribution in [0.2, 0.25) is 0 Å². The Bertz CT molecular complexity index is 1090. The van der Waals surface area contributed by atoms with Gasteiger partial charge in [-0.25, -0.2) is 4.90 Å². The highest BCUT2D eigenvalue weighted by Gasteiger charge is 2.67. The Morgan fingerprint density at radius 1 is 1.06 bits per heavy atom. The van der Waals surface area contributed by atoms with Gasteiger partial charge >= 0.3 is 0 Å². The van der Waals surface area contributed by atoms with E-state index in [1.165, 1.54) is 10.5 Å². The zero-order chi connectivity index (χ0) is 22.3. The first kappa shape index (κ1) is 20.8. The first-order valence-corrected chi connectivity index (χ1v) is 11.3. The Labute approximate surface area is 192 Å². The largest absolute Gasteiger partial charge is 0.362 e. The Kier molecular flexibility index (Phi) is 5.31. The third-order valence-electron chi connectivity index (χ3n) is 6.51. The molecule has 2 aromatic rings. The van der Waals surface area contributed by atoms with E-state index in [1.807, 2.05) is 61.5 Å². The highest BCUT2D eigenvalue weighted by molar-refractivity contribution is 7.80. The molecule has 7 heteroatoms. The summed E-state index contributed by atoms with van der Waals surface area (Å²) >= 11 is 5.44. The molecular formula is C25H25N3O3S. The molecule has 2 saturated heterocycles. The van der Waals surface area contributed by atoms with Gasteiger partial charge in [-0.1, -0.05) is 60.2 Å². The van der Waals surface area contributed by atoms with E-state index in [0.29, 0.717) is 23.9 Å². The molecule has 3 aliphatic rings. The van der Waals surface area contributed by atoms with Gasteiger partial charge in [-0.15, -0.1) is 0 Å². The lowest BCUT2D eigenvalue weighted by atomic mass is 9.77. The van der Waals surface area contributed by atoms with E-state index in [9.17, 15) is 9.59 Å². The summed E-state index contributed by atoms with van der Waals surface area (Å²) in [7, 11) is 0. The molecule has 0 saturated carbocycles. The van der Waals surface area contributed by atoms with Crippen LogP contribution in [0.4, 0.5) is 5.69 Å². The molecule has 2 aromatic carbocycles. The van der Waals surface area contributed by atoms with Crippen molar-refractivity contribution in [1.82, 2.24) is 10.6 Å². The Hall–Kier alpha value is -3.03. The second kappa shape index (κ2) is 8.15. The maximum Gasteiger partial charge on any atom is 0.241 e. The van der Waals surface area contributed by atoms with Gasteiger partial charge in [0.1, 0.15) is 5.60 Å². The molecular weight excluding hydrogens is 422 g/mol. The zero-order valence-corrected chi connectivity index (χ0v) is 18.6. The molecule has 2 amide bonds. The van der Waals surface area contributed by atoms with Gasteiger partial charge < -0.3 is 15.4 Å². The van der Waals surface area contributed by atoms with Gasteiger partial charge in [0.2, 0.25) is 11.8 Å². The van der Waals surface area contributed by atoms with E-state index < -0.39 is 17.4 Å². The van der Waals surface area contributed by atoms with Gasteiger partial charge in [0.15, 0.2) is 5.11 Å². The van der Waals surface area contributed by atoms with Crippen molar-refractivity contribution in [1.29, 1.82) is 0 Å². The van der Waals surface area contributed by atoms with Crippen LogP contribution in [0.5, 0.6) is 0 Å². The zero-order valence-electron chi connectivity index (χ0n) is 17.8.